The highest BCUT2D eigenvalue weighted by Crippen LogP contribution is 2.15. The van der Waals surface area contributed by atoms with E-state index in [2.05, 4.69) is 15.9 Å². The number of carbonyl (C=O) groups is 1. The molecular formula is C20H17Br2N2O3+. The third-order valence-electron chi connectivity index (χ3n) is 4.01. The maximum Gasteiger partial charge on any atom is 0.269 e. The number of hydrogen-bond donors (Lipinski definition) is 0. The van der Waals surface area contributed by atoms with Gasteiger partial charge in [-0.3, -0.25) is 14.9 Å². The normalized spacial score (nSPS) is 10.1. The molecule has 0 bridgehead atoms. The Labute approximate surface area is 175 Å². The van der Waals surface area contributed by atoms with Gasteiger partial charge >= 0.3 is 0 Å². The van der Waals surface area contributed by atoms with E-state index in [4.69, 9.17) is 0 Å². The largest absolute Gasteiger partial charge is 0.287 e. The highest BCUT2D eigenvalue weighted by molar-refractivity contribution is 9.10. The van der Waals surface area contributed by atoms with Crippen LogP contribution in [0.1, 0.15) is 21.5 Å². The van der Waals surface area contributed by atoms with E-state index >= 15 is 0 Å². The van der Waals surface area contributed by atoms with E-state index < -0.39 is 4.92 Å². The summed E-state index contributed by atoms with van der Waals surface area (Å²) in [5.41, 5.74) is 2.84. The van der Waals surface area contributed by atoms with Gasteiger partial charge in [0.1, 0.15) is 0 Å². The lowest BCUT2D eigenvalue weighted by Gasteiger charge is -2.02. The summed E-state index contributed by atoms with van der Waals surface area (Å²) in [6.45, 7) is 0.277. The van der Waals surface area contributed by atoms with Crippen molar-refractivity contribution in [2.75, 3.05) is 0 Å². The van der Waals surface area contributed by atoms with Crippen molar-refractivity contribution in [1.82, 2.24) is 0 Å². The lowest BCUT2D eigenvalue weighted by Crippen LogP contribution is -2.37. The number of rotatable bonds is 6. The average molecular weight is 493 g/mol. The summed E-state index contributed by atoms with van der Waals surface area (Å²) in [6.07, 6.45) is 4.43. The van der Waals surface area contributed by atoms with Crippen molar-refractivity contribution in [1.29, 1.82) is 0 Å². The van der Waals surface area contributed by atoms with Crippen LogP contribution in [-0.2, 0) is 13.0 Å². The summed E-state index contributed by atoms with van der Waals surface area (Å²) >= 11 is 3.36. The molecule has 138 valence electrons. The van der Waals surface area contributed by atoms with Crippen LogP contribution in [0.4, 0.5) is 5.69 Å². The van der Waals surface area contributed by atoms with Crippen molar-refractivity contribution in [3.8, 4) is 0 Å². The van der Waals surface area contributed by atoms with Crippen molar-refractivity contribution in [2.45, 2.75) is 13.0 Å². The van der Waals surface area contributed by atoms with Gasteiger partial charge in [0.2, 0.25) is 12.3 Å². The fraction of sp³-hybridized carbons (Fsp3) is 0.100. The first-order chi connectivity index (χ1) is 12.5. The number of nitrogens with zero attached hydrogens (tertiary/aromatic N) is 2. The number of nitro benzene ring substituents is 1. The minimum absolute atomic E-state index is 0. The van der Waals surface area contributed by atoms with Crippen molar-refractivity contribution >= 4 is 44.4 Å². The van der Waals surface area contributed by atoms with E-state index in [-0.39, 0.29) is 35.0 Å². The van der Waals surface area contributed by atoms with E-state index in [1.165, 1.54) is 12.1 Å². The predicted molar refractivity (Wildman–Crippen MR) is 111 cm³/mol. The molecule has 5 nitrogen and oxygen atoms in total. The molecule has 0 aliphatic carbocycles. The number of non-ortho nitro benzene ring substituents is 1. The fourth-order valence-electron chi connectivity index (χ4n) is 2.58. The number of hydrogen-bond acceptors (Lipinski definition) is 3. The standard InChI is InChI=1S/C20H16BrN2O3.BrH/c21-18-5-3-17(4-6-18)20(24)14-22-11-9-16(10-12-22)13-15-1-7-19(8-2-15)23(25)26;/h1-12H,13-14H2;1H/q+1;. The third kappa shape index (κ3) is 5.80. The average Bonchev–Trinajstić information content (AvgIpc) is 2.64. The number of Topliss-reactive ketones (excluding diaryl/α,β-unsaturated/α-hetero) is 1. The Morgan fingerprint density at radius 1 is 0.926 bits per heavy atom. The van der Waals surface area contributed by atoms with E-state index in [1.807, 2.05) is 41.2 Å². The van der Waals surface area contributed by atoms with Gasteiger partial charge < -0.3 is 0 Å². The molecule has 0 amide bonds. The molecule has 0 aliphatic heterocycles. The quantitative estimate of drug-likeness (QED) is 0.217. The molecule has 1 aromatic heterocycles. The molecule has 0 radical (unpaired) electrons. The van der Waals surface area contributed by atoms with Crippen LogP contribution in [0, 0.1) is 10.1 Å². The van der Waals surface area contributed by atoms with Crippen molar-refractivity contribution in [2.24, 2.45) is 0 Å². The molecular weight excluding hydrogens is 476 g/mol. The first-order valence-electron chi connectivity index (χ1n) is 8.01. The molecule has 0 N–H and O–H groups in total. The van der Waals surface area contributed by atoms with E-state index in [0.29, 0.717) is 12.0 Å². The van der Waals surface area contributed by atoms with Gasteiger partial charge in [0.15, 0.2) is 12.4 Å². The van der Waals surface area contributed by atoms with Crippen molar-refractivity contribution < 1.29 is 14.3 Å². The first kappa shape index (κ1) is 20.9. The number of ketones is 1. The lowest BCUT2D eigenvalue weighted by molar-refractivity contribution is -0.683. The number of nitro groups is 1. The Bertz CT molecular complexity index is 925. The monoisotopic (exact) mass is 491 g/mol. The van der Waals surface area contributed by atoms with Gasteiger partial charge in [0.25, 0.3) is 5.69 Å². The fourth-order valence-corrected chi connectivity index (χ4v) is 2.84. The van der Waals surface area contributed by atoms with Gasteiger partial charge in [-0.25, -0.2) is 0 Å². The Morgan fingerprint density at radius 3 is 2.04 bits per heavy atom. The van der Waals surface area contributed by atoms with Crippen LogP contribution in [0.5, 0.6) is 0 Å². The SMILES string of the molecule is Br.O=C(C[n+]1ccc(Cc2ccc([N+](=O)[O-])cc2)cc1)c1ccc(Br)cc1. The topological polar surface area (TPSA) is 64.1 Å². The molecule has 27 heavy (non-hydrogen) atoms. The molecule has 2 aromatic carbocycles. The molecule has 0 atom stereocenters. The summed E-state index contributed by atoms with van der Waals surface area (Å²) < 4.78 is 2.78. The molecule has 0 saturated carbocycles. The molecule has 0 aliphatic rings. The molecule has 0 saturated heterocycles. The highest BCUT2D eigenvalue weighted by atomic mass is 79.9. The number of benzene rings is 2. The number of halogens is 2. The van der Waals surface area contributed by atoms with Crippen molar-refractivity contribution in [3.63, 3.8) is 0 Å². The van der Waals surface area contributed by atoms with Gasteiger partial charge in [0, 0.05) is 34.3 Å². The molecule has 3 rings (SSSR count). The van der Waals surface area contributed by atoms with Crippen LogP contribution in [0.3, 0.4) is 0 Å². The van der Waals surface area contributed by atoms with Crippen LogP contribution in [-0.4, -0.2) is 10.7 Å². The zero-order valence-corrected chi connectivity index (χ0v) is 17.5. The van der Waals surface area contributed by atoms with Crippen LogP contribution in [0.25, 0.3) is 0 Å². The molecule has 0 spiro atoms. The third-order valence-corrected chi connectivity index (χ3v) is 4.54. The van der Waals surface area contributed by atoms with Gasteiger partial charge in [-0.2, -0.15) is 4.57 Å². The summed E-state index contributed by atoms with van der Waals surface area (Å²) in [5.74, 6) is 0.0469. The molecule has 7 heteroatoms. The molecule has 1 heterocycles. The zero-order valence-electron chi connectivity index (χ0n) is 14.2. The van der Waals surface area contributed by atoms with Crippen LogP contribution >= 0.6 is 32.9 Å². The maximum atomic E-state index is 12.3. The number of carbonyl (C=O) groups excluding carboxylic acids is 1. The predicted octanol–water partition coefficient (Wildman–Crippen LogP) is 4.70. The Morgan fingerprint density at radius 2 is 1.48 bits per heavy atom. The number of pyridine rings is 1. The maximum absolute atomic E-state index is 12.3. The first-order valence-corrected chi connectivity index (χ1v) is 8.80. The van der Waals surface area contributed by atoms with Gasteiger partial charge in [0.05, 0.1) is 4.92 Å². The molecule has 3 aromatic rings. The summed E-state index contributed by atoms with van der Waals surface area (Å²) in [4.78, 5) is 22.6. The van der Waals surface area contributed by atoms with Gasteiger partial charge in [-0.05, 0) is 29.7 Å². The summed E-state index contributed by atoms with van der Waals surface area (Å²) in [6, 6.07) is 17.8. The Hall–Kier alpha value is -2.38. The number of aromatic nitrogens is 1. The van der Waals surface area contributed by atoms with Crippen molar-refractivity contribution in [3.05, 3.63) is 104 Å². The summed E-state index contributed by atoms with van der Waals surface area (Å²) in [5, 5.41) is 10.7. The van der Waals surface area contributed by atoms with E-state index in [0.717, 1.165) is 15.6 Å². The molecule has 0 fully saturated rings. The van der Waals surface area contributed by atoms with Crippen LogP contribution < -0.4 is 4.57 Å². The summed E-state index contributed by atoms with van der Waals surface area (Å²) in [7, 11) is 0. The molecule has 0 unspecified atom stereocenters. The van der Waals surface area contributed by atoms with Crippen LogP contribution in [0.15, 0.2) is 77.5 Å². The second-order valence-corrected chi connectivity index (χ2v) is 6.82. The smallest absolute Gasteiger partial charge is 0.269 e. The van der Waals surface area contributed by atoms with E-state index in [9.17, 15) is 14.9 Å². The van der Waals surface area contributed by atoms with Gasteiger partial charge in [-0.1, -0.05) is 40.2 Å². The zero-order chi connectivity index (χ0) is 18.5. The second kappa shape index (κ2) is 9.53. The Balaban J connectivity index is 0.00000261. The van der Waals surface area contributed by atoms with Gasteiger partial charge in [-0.15, -0.1) is 17.0 Å². The highest BCUT2D eigenvalue weighted by Gasteiger charge is 2.12. The van der Waals surface area contributed by atoms with Crippen LogP contribution in [0.2, 0.25) is 0 Å². The second-order valence-electron chi connectivity index (χ2n) is 5.91. The minimum atomic E-state index is -0.405. The Kier molecular flexibility index (Phi) is 7.38. The minimum Gasteiger partial charge on any atom is -0.287 e. The van der Waals surface area contributed by atoms with E-state index in [1.54, 1.807) is 24.3 Å². The lowest BCUT2D eigenvalue weighted by atomic mass is 10.1.